The van der Waals surface area contributed by atoms with Gasteiger partial charge in [-0.25, -0.2) is 8.78 Å². The first-order chi connectivity index (χ1) is 9.93. The lowest BCUT2D eigenvalue weighted by atomic mass is 10.0. The van der Waals surface area contributed by atoms with E-state index in [1.165, 1.54) is 18.3 Å². The fraction of sp³-hybridized carbons (Fsp3) is 0.571. The Bertz CT molecular complexity index is 458. The number of aliphatic hydroxyl groups is 1. The van der Waals surface area contributed by atoms with Crippen molar-refractivity contribution in [2.45, 2.75) is 32.8 Å². The molecule has 1 aromatic rings. The van der Waals surface area contributed by atoms with E-state index in [0.29, 0.717) is 0 Å². The highest BCUT2D eigenvalue weighted by Gasteiger charge is 2.15. The molecule has 0 saturated heterocycles. The number of hydrogen-bond donors (Lipinski definition) is 2. The molecule has 0 aliphatic rings. The number of carbonyl (C=O) groups is 1. The van der Waals surface area contributed by atoms with Gasteiger partial charge < -0.3 is 15.2 Å². The molecular weight excluding hydrogens is 282 g/mol. The van der Waals surface area contributed by atoms with Gasteiger partial charge in [-0.3, -0.25) is 9.78 Å². The molecule has 118 valence electrons. The number of aliphatic hydroxyl groups excluding tert-OH is 1. The molecule has 0 aliphatic heterocycles. The summed E-state index contributed by atoms with van der Waals surface area (Å²) in [5.41, 5.74) is 0.0538. The van der Waals surface area contributed by atoms with Crippen LogP contribution in [0.2, 0.25) is 0 Å². The summed E-state index contributed by atoms with van der Waals surface area (Å²) in [6, 6.07) is 2.68. The second kappa shape index (κ2) is 8.51. The molecular formula is C14H20F2N2O3. The van der Waals surface area contributed by atoms with Gasteiger partial charge in [-0.1, -0.05) is 20.3 Å². The molecule has 2 N–H and O–H groups in total. The monoisotopic (exact) mass is 302 g/mol. The quantitative estimate of drug-likeness (QED) is 0.769. The molecule has 5 nitrogen and oxygen atoms in total. The van der Waals surface area contributed by atoms with Crippen molar-refractivity contribution < 1.29 is 23.4 Å². The van der Waals surface area contributed by atoms with Crippen LogP contribution in [0.15, 0.2) is 18.3 Å². The van der Waals surface area contributed by atoms with Crippen LogP contribution in [-0.2, 0) is 0 Å². The molecule has 1 rings (SSSR count). The van der Waals surface area contributed by atoms with Gasteiger partial charge in [-0.2, -0.15) is 0 Å². The number of alkyl halides is 2. The number of carbonyl (C=O) groups excluding carboxylic acids is 1. The molecule has 21 heavy (non-hydrogen) atoms. The fourth-order valence-corrected chi connectivity index (χ4v) is 1.55. The minimum atomic E-state index is -2.58. The van der Waals surface area contributed by atoms with Crippen LogP contribution in [0, 0.1) is 5.92 Å². The van der Waals surface area contributed by atoms with E-state index in [-0.39, 0.29) is 23.9 Å². The molecule has 7 heteroatoms. The Morgan fingerprint density at radius 3 is 2.86 bits per heavy atom. The number of amides is 1. The van der Waals surface area contributed by atoms with Gasteiger partial charge in [-0.05, 0) is 12.0 Å². The van der Waals surface area contributed by atoms with Crippen molar-refractivity contribution in [2.24, 2.45) is 5.92 Å². The Morgan fingerprint density at radius 2 is 2.24 bits per heavy atom. The van der Waals surface area contributed by atoms with Crippen molar-refractivity contribution in [1.82, 2.24) is 10.3 Å². The van der Waals surface area contributed by atoms with Gasteiger partial charge in [0.25, 0.3) is 12.3 Å². The lowest BCUT2D eigenvalue weighted by Crippen LogP contribution is -2.35. The van der Waals surface area contributed by atoms with Crippen LogP contribution in [0.3, 0.4) is 0 Å². The Morgan fingerprint density at radius 1 is 1.52 bits per heavy atom. The van der Waals surface area contributed by atoms with Crippen LogP contribution < -0.4 is 10.1 Å². The molecule has 2 atom stereocenters. The standard InChI is InChI=1S/C14H20F2N2O3/c1-3-9(2)12(19)7-18-14(20)11-6-10(4-5-17-11)21-8-13(15)16/h4-6,9,12-13,19H,3,7-8H2,1-2H3,(H,18,20). The third kappa shape index (κ3) is 6.03. The van der Waals surface area contributed by atoms with Crippen LogP contribution in [0.1, 0.15) is 30.8 Å². The fourth-order valence-electron chi connectivity index (χ4n) is 1.55. The summed E-state index contributed by atoms with van der Waals surface area (Å²) in [7, 11) is 0. The average molecular weight is 302 g/mol. The lowest BCUT2D eigenvalue weighted by molar-refractivity contribution is 0.0813. The Kier molecular flexibility index (Phi) is 7.01. The first-order valence-corrected chi connectivity index (χ1v) is 6.77. The normalized spacial score (nSPS) is 13.8. The molecule has 0 spiro atoms. The van der Waals surface area contributed by atoms with E-state index in [4.69, 9.17) is 4.74 Å². The number of rotatable bonds is 8. The maximum atomic E-state index is 12.1. The number of halogens is 2. The van der Waals surface area contributed by atoms with Gasteiger partial charge in [0.2, 0.25) is 0 Å². The molecule has 0 aromatic carbocycles. The summed E-state index contributed by atoms with van der Waals surface area (Å²) in [6.45, 7) is 3.20. The minimum Gasteiger partial charge on any atom is -0.488 e. The van der Waals surface area contributed by atoms with Crippen LogP contribution >= 0.6 is 0 Å². The number of nitrogens with zero attached hydrogens (tertiary/aromatic N) is 1. The van der Waals surface area contributed by atoms with E-state index >= 15 is 0 Å². The van der Waals surface area contributed by atoms with Gasteiger partial charge in [-0.15, -0.1) is 0 Å². The Hall–Kier alpha value is -1.76. The highest BCUT2D eigenvalue weighted by Crippen LogP contribution is 2.12. The van der Waals surface area contributed by atoms with Gasteiger partial charge in [0, 0.05) is 18.8 Å². The van der Waals surface area contributed by atoms with Crippen LogP contribution in [0.5, 0.6) is 5.75 Å². The second-order valence-electron chi connectivity index (χ2n) is 4.74. The van der Waals surface area contributed by atoms with Crippen molar-refractivity contribution in [2.75, 3.05) is 13.2 Å². The Labute approximate surface area is 122 Å². The average Bonchev–Trinajstić information content (AvgIpc) is 2.49. The van der Waals surface area contributed by atoms with E-state index in [1.807, 2.05) is 13.8 Å². The van der Waals surface area contributed by atoms with Crippen molar-refractivity contribution >= 4 is 5.91 Å². The lowest BCUT2D eigenvalue weighted by Gasteiger charge is -2.17. The summed E-state index contributed by atoms with van der Waals surface area (Å²) in [5, 5.41) is 12.3. The summed E-state index contributed by atoms with van der Waals surface area (Å²) in [6.07, 6.45) is -1.12. The second-order valence-corrected chi connectivity index (χ2v) is 4.74. The molecule has 0 saturated carbocycles. The summed E-state index contributed by atoms with van der Waals surface area (Å²) in [4.78, 5) is 15.7. The van der Waals surface area contributed by atoms with Crippen molar-refractivity contribution in [3.05, 3.63) is 24.0 Å². The van der Waals surface area contributed by atoms with Gasteiger partial charge >= 0.3 is 0 Å². The van der Waals surface area contributed by atoms with Crippen molar-refractivity contribution in [3.8, 4) is 5.75 Å². The summed E-state index contributed by atoms with van der Waals surface area (Å²) >= 11 is 0. The summed E-state index contributed by atoms with van der Waals surface area (Å²) < 4.78 is 28.9. The zero-order valence-corrected chi connectivity index (χ0v) is 12.1. The van der Waals surface area contributed by atoms with E-state index in [1.54, 1.807) is 0 Å². The zero-order chi connectivity index (χ0) is 15.8. The van der Waals surface area contributed by atoms with E-state index < -0.39 is 25.0 Å². The zero-order valence-electron chi connectivity index (χ0n) is 12.1. The first kappa shape index (κ1) is 17.3. The van der Waals surface area contributed by atoms with Crippen LogP contribution in [-0.4, -0.2) is 41.7 Å². The Balaban J connectivity index is 2.56. The molecule has 2 unspecified atom stereocenters. The molecule has 0 fully saturated rings. The SMILES string of the molecule is CCC(C)C(O)CNC(=O)c1cc(OCC(F)F)ccn1. The molecule has 0 aliphatic carbocycles. The van der Waals surface area contributed by atoms with Gasteiger partial charge in [0.15, 0.2) is 0 Å². The van der Waals surface area contributed by atoms with Gasteiger partial charge in [0.1, 0.15) is 18.1 Å². The number of hydrogen-bond acceptors (Lipinski definition) is 4. The maximum Gasteiger partial charge on any atom is 0.272 e. The molecule has 1 amide bonds. The highest BCUT2D eigenvalue weighted by molar-refractivity contribution is 5.92. The smallest absolute Gasteiger partial charge is 0.272 e. The number of nitrogens with one attached hydrogen (secondary N) is 1. The molecule has 0 radical (unpaired) electrons. The van der Waals surface area contributed by atoms with E-state index in [2.05, 4.69) is 10.3 Å². The third-order valence-electron chi connectivity index (χ3n) is 3.11. The van der Waals surface area contributed by atoms with E-state index in [9.17, 15) is 18.7 Å². The van der Waals surface area contributed by atoms with Crippen LogP contribution in [0.4, 0.5) is 8.78 Å². The van der Waals surface area contributed by atoms with Crippen molar-refractivity contribution in [3.63, 3.8) is 0 Å². The molecule has 0 bridgehead atoms. The predicted molar refractivity (Wildman–Crippen MR) is 73.5 cm³/mol. The maximum absolute atomic E-state index is 12.1. The highest BCUT2D eigenvalue weighted by atomic mass is 19.3. The predicted octanol–water partition coefficient (Wildman–Crippen LogP) is 1.86. The molecule has 1 aromatic heterocycles. The number of pyridine rings is 1. The topological polar surface area (TPSA) is 71.5 Å². The first-order valence-electron chi connectivity index (χ1n) is 6.77. The van der Waals surface area contributed by atoms with Crippen LogP contribution in [0.25, 0.3) is 0 Å². The minimum absolute atomic E-state index is 0.0538. The molecule has 1 heterocycles. The summed E-state index contributed by atoms with van der Waals surface area (Å²) in [5.74, 6) is -0.267. The number of ether oxygens (including phenoxy) is 1. The van der Waals surface area contributed by atoms with Crippen molar-refractivity contribution in [1.29, 1.82) is 0 Å². The third-order valence-corrected chi connectivity index (χ3v) is 3.11. The van der Waals surface area contributed by atoms with Gasteiger partial charge in [0.05, 0.1) is 6.10 Å². The number of aromatic nitrogens is 1. The van der Waals surface area contributed by atoms with E-state index in [0.717, 1.165) is 6.42 Å². The largest absolute Gasteiger partial charge is 0.488 e.